The van der Waals surface area contributed by atoms with Crippen molar-refractivity contribution < 1.29 is 13.9 Å². The number of nitrogens with one attached hydrogen (secondary N) is 1. The molecule has 0 aromatic heterocycles. The number of rotatable bonds is 7. The zero-order chi connectivity index (χ0) is 14.2. The van der Waals surface area contributed by atoms with E-state index < -0.39 is 0 Å². The first-order chi connectivity index (χ1) is 9.79. The molecule has 0 amide bonds. The quantitative estimate of drug-likeness (QED) is 0.781. The smallest absolute Gasteiger partial charge is 0.165 e. The lowest BCUT2D eigenvalue weighted by molar-refractivity contribution is 0.315. The Hall–Kier alpha value is -2.23. The Labute approximate surface area is 118 Å². The van der Waals surface area contributed by atoms with Crippen molar-refractivity contribution in [3.8, 4) is 11.5 Å². The van der Waals surface area contributed by atoms with Crippen LogP contribution in [0, 0.1) is 5.82 Å². The summed E-state index contributed by atoms with van der Waals surface area (Å²) in [5, 5.41) is 3.21. The summed E-state index contributed by atoms with van der Waals surface area (Å²) in [7, 11) is 1.45. The van der Waals surface area contributed by atoms with Gasteiger partial charge in [-0.05, 0) is 30.7 Å². The molecule has 0 aliphatic heterocycles. The van der Waals surface area contributed by atoms with E-state index in [2.05, 4.69) is 5.32 Å². The van der Waals surface area contributed by atoms with Gasteiger partial charge < -0.3 is 14.8 Å². The summed E-state index contributed by atoms with van der Waals surface area (Å²) in [6.07, 6.45) is 0.856. The van der Waals surface area contributed by atoms with Crippen LogP contribution in [0.15, 0.2) is 48.5 Å². The van der Waals surface area contributed by atoms with Gasteiger partial charge in [-0.1, -0.05) is 18.2 Å². The van der Waals surface area contributed by atoms with Crippen LogP contribution in [0.5, 0.6) is 11.5 Å². The molecular weight excluding hydrogens is 257 g/mol. The van der Waals surface area contributed by atoms with Crippen molar-refractivity contribution in [1.29, 1.82) is 0 Å². The first-order valence-electron chi connectivity index (χ1n) is 6.55. The highest BCUT2D eigenvalue weighted by Crippen LogP contribution is 2.21. The Balaban J connectivity index is 1.71. The third-order valence-electron chi connectivity index (χ3n) is 2.81. The van der Waals surface area contributed by atoms with Crippen LogP contribution in [0.4, 0.5) is 10.1 Å². The van der Waals surface area contributed by atoms with E-state index in [-0.39, 0.29) is 11.6 Å². The molecule has 106 valence electrons. The fourth-order valence-electron chi connectivity index (χ4n) is 1.78. The number of ether oxygens (including phenoxy) is 2. The SMILES string of the molecule is COc1cc(NCCCOc2ccccc2)ccc1F. The lowest BCUT2D eigenvalue weighted by Gasteiger charge is -2.09. The predicted octanol–water partition coefficient (Wildman–Crippen LogP) is 3.72. The number of para-hydroxylation sites is 1. The Morgan fingerprint density at radius 2 is 1.90 bits per heavy atom. The van der Waals surface area contributed by atoms with Gasteiger partial charge in [0.1, 0.15) is 5.75 Å². The average Bonchev–Trinajstić information content (AvgIpc) is 2.49. The van der Waals surface area contributed by atoms with E-state index >= 15 is 0 Å². The van der Waals surface area contributed by atoms with E-state index in [1.165, 1.54) is 13.2 Å². The van der Waals surface area contributed by atoms with Crippen molar-refractivity contribution in [2.75, 3.05) is 25.6 Å². The molecule has 0 bridgehead atoms. The van der Waals surface area contributed by atoms with Crippen LogP contribution in [-0.2, 0) is 0 Å². The second kappa shape index (κ2) is 7.38. The number of halogens is 1. The Morgan fingerprint density at radius 1 is 1.10 bits per heavy atom. The summed E-state index contributed by atoms with van der Waals surface area (Å²) >= 11 is 0. The molecule has 0 fully saturated rings. The molecule has 0 spiro atoms. The summed E-state index contributed by atoms with van der Waals surface area (Å²) in [4.78, 5) is 0. The van der Waals surface area contributed by atoms with Crippen LogP contribution in [-0.4, -0.2) is 20.3 Å². The van der Waals surface area contributed by atoms with Gasteiger partial charge in [0.05, 0.1) is 13.7 Å². The Morgan fingerprint density at radius 3 is 2.65 bits per heavy atom. The topological polar surface area (TPSA) is 30.5 Å². The van der Waals surface area contributed by atoms with Gasteiger partial charge in [0.25, 0.3) is 0 Å². The molecule has 0 radical (unpaired) electrons. The molecule has 0 aliphatic carbocycles. The minimum absolute atomic E-state index is 0.246. The second-order valence-corrected chi connectivity index (χ2v) is 4.29. The van der Waals surface area contributed by atoms with Gasteiger partial charge >= 0.3 is 0 Å². The fraction of sp³-hybridized carbons (Fsp3) is 0.250. The molecule has 2 rings (SSSR count). The molecule has 1 N–H and O–H groups in total. The largest absolute Gasteiger partial charge is 0.494 e. The van der Waals surface area contributed by atoms with Gasteiger partial charge in [-0.3, -0.25) is 0 Å². The van der Waals surface area contributed by atoms with Crippen LogP contribution in [0.2, 0.25) is 0 Å². The number of methoxy groups -OCH3 is 1. The number of benzene rings is 2. The molecule has 0 unspecified atom stereocenters. The standard InChI is InChI=1S/C16H18FNO2/c1-19-16-12-13(8-9-15(16)17)18-10-5-11-20-14-6-3-2-4-7-14/h2-4,6-9,12,18H,5,10-11H2,1H3. The van der Waals surface area contributed by atoms with Crippen molar-refractivity contribution in [2.45, 2.75) is 6.42 Å². The van der Waals surface area contributed by atoms with Crippen molar-refractivity contribution in [1.82, 2.24) is 0 Å². The van der Waals surface area contributed by atoms with E-state index in [1.54, 1.807) is 12.1 Å². The predicted molar refractivity (Wildman–Crippen MR) is 78.0 cm³/mol. The normalized spacial score (nSPS) is 10.1. The third-order valence-corrected chi connectivity index (χ3v) is 2.81. The zero-order valence-corrected chi connectivity index (χ0v) is 11.4. The molecule has 20 heavy (non-hydrogen) atoms. The maximum atomic E-state index is 13.2. The highest BCUT2D eigenvalue weighted by atomic mass is 19.1. The second-order valence-electron chi connectivity index (χ2n) is 4.29. The van der Waals surface area contributed by atoms with Crippen molar-refractivity contribution in [3.05, 3.63) is 54.3 Å². The summed E-state index contributed by atoms with van der Waals surface area (Å²) in [5.41, 5.74) is 0.836. The van der Waals surface area contributed by atoms with Crippen LogP contribution in [0.25, 0.3) is 0 Å². The zero-order valence-electron chi connectivity index (χ0n) is 11.4. The van der Waals surface area contributed by atoms with E-state index in [0.717, 1.165) is 24.4 Å². The lowest BCUT2D eigenvalue weighted by atomic mass is 10.3. The van der Waals surface area contributed by atoms with Gasteiger partial charge in [0.2, 0.25) is 0 Å². The first-order valence-corrected chi connectivity index (χ1v) is 6.55. The molecule has 0 atom stereocenters. The lowest BCUT2D eigenvalue weighted by Crippen LogP contribution is -2.07. The number of hydrogen-bond donors (Lipinski definition) is 1. The monoisotopic (exact) mass is 275 g/mol. The summed E-state index contributed by atoms with van der Waals surface area (Å²) in [6, 6.07) is 14.4. The molecule has 0 aliphatic rings. The van der Waals surface area contributed by atoms with Crippen LogP contribution >= 0.6 is 0 Å². The van der Waals surface area contributed by atoms with Crippen molar-refractivity contribution in [2.24, 2.45) is 0 Å². The van der Waals surface area contributed by atoms with Crippen molar-refractivity contribution in [3.63, 3.8) is 0 Å². The summed E-state index contributed by atoms with van der Waals surface area (Å²) in [6.45, 7) is 1.39. The molecular formula is C16H18FNO2. The maximum Gasteiger partial charge on any atom is 0.165 e. The molecule has 2 aromatic rings. The van der Waals surface area contributed by atoms with E-state index in [4.69, 9.17) is 9.47 Å². The Kier molecular flexibility index (Phi) is 5.24. The fourth-order valence-corrected chi connectivity index (χ4v) is 1.78. The highest BCUT2D eigenvalue weighted by Gasteiger charge is 2.02. The summed E-state index contributed by atoms with van der Waals surface area (Å²) < 4.78 is 23.7. The van der Waals surface area contributed by atoms with Gasteiger partial charge in [-0.25, -0.2) is 4.39 Å². The average molecular weight is 275 g/mol. The molecule has 4 heteroatoms. The molecule has 2 aromatic carbocycles. The van der Waals surface area contributed by atoms with E-state index in [0.29, 0.717) is 6.61 Å². The highest BCUT2D eigenvalue weighted by molar-refractivity contribution is 5.48. The van der Waals surface area contributed by atoms with E-state index in [1.807, 2.05) is 30.3 Å². The molecule has 3 nitrogen and oxygen atoms in total. The molecule has 0 saturated heterocycles. The van der Waals surface area contributed by atoms with Crippen LogP contribution < -0.4 is 14.8 Å². The van der Waals surface area contributed by atoms with E-state index in [9.17, 15) is 4.39 Å². The Bertz CT molecular complexity index is 531. The van der Waals surface area contributed by atoms with Gasteiger partial charge in [0, 0.05) is 18.3 Å². The van der Waals surface area contributed by atoms with Gasteiger partial charge in [-0.2, -0.15) is 0 Å². The van der Waals surface area contributed by atoms with Crippen LogP contribution in [0.3, 0.4) is 0 Å². The number of hydrogen-bond acceptors (Lipinski definition) is 3. The van der Waals surface area contributed by atoms with Gasteiger partial charge in [-0.15, -0.1) is 0 Å². The minimum Gasteiger partial charge on any atom is -0.494 e. The van der Waals surface area contributed by atoms with Crippen molar-refractivity contribution >= 4 is 5.69 Å². The molecule has 0 saturated carbocycles. The third kappa shape index (κ3) is 4.16. The first kappa shape index (κ1) is 14.2. The summed E-state index contributed by atoms with van der Waals surface area (Å²) in [5.74, 6) is 0.761. The minimum atomic E-state index is -0.356. The molecule has 0 heterocycles. The van der Waals surface area contributed by atoms with Crippen LogP contribution in [0.1, 0.15) is 6.42 Å². The number of anilines is 1. The van der Waals surface area contributed by atoms with Gasteiger partial charge in [0.15, 0.2) is 11.6 Å². The maximum absolute atomic E-state index is 13.2.